The van der Waals surface area contributed by atoms with Crippen molar-refractivity contribution in [3.8, 4) is 0 Å². The van der Waals surface area contributed by atoms with Gasteiger partial charge in [0.2, 0.25) is 5.95 Å². The number of hydrogen-bond acceptors (Lipinski definition) is 5. The lowest BCUT2D eigenvalue weighted by atomic mass is 10.4. The van der Waals surface area contributed by atoms with Crippen LogP contribution in [-0.2, 0) is 11.3 Å². The van der Waals surface area contributed by atoms with Crippen molar-refractivity contribution < 1.29 is 17.9 Å². The maximum Gasteiger partial charge on any atom is 0.406 e. The average Bonchev–Trinajstić information content (AvgIpc) is 2.78. The summed E-state index contributed by atoms with van der Waals surface area (Å²) in [4.78, 5) is 1.76. The minimum absolute atomic E-state index is 0.247. The van der Waals surface area contributed by atoms with E-state index in [1.54, 1.807) is 11.0 Å². The average molecular weight is 308 g/mol. The van der Waals surface area contributed by atoms with Crippen LogP contribution in [0, 0.1) is 0 Å². The van der Waals surface area contributed by atoms with Gasteiger partial charge in [0.15, 0.2) is 5.16 Å². The van der Waals surface area contributed by atoms with Crippen LogP contribution >= 0.6 is 11.8 Å². The summed E-state index contributed by atoms with van der Waals surface area (Å²) in [5.74, 6) is 0.733. The molecule has 20 heavy (non-hydrogen) atoms. The zero-order chi connectivity index (χ0) is 14.6. The number of anilines is 1. The Bertz CT molecular complexity index is 457. The lowest BCUT2D eigenvalue weighted by Crippen LogP contribution is -2.38. The lowest BCUT2D eigenvalue weighted by Gasteiger charge is -2.28. The van der Waals surface area contributed by atoms with Gasteiger partial charge in [-0.25, -0.2) is 0 Å². The van der Waals surface area contributed by atoms with E-state index in [1.807, 2.05) is 0 Å². The van der Waals surface area contributed by atoms with Crippen molar-refractivity contribution in [1.82, 2.24) is 14.8 Å². The molecule has 5 nitrogen and oxygen atoms in total. The summed E-state index contributed by atoms with van der Waals surface area (Å²) in [5, 5.41) is 8.02. The molecule has 1 saturated heterocycles. The van der Waals surface area contributed by atoms with Crippen molar-refractivity contribution in [2.24, 2.45) is 0 Å². The standard InChI is InChI=1S/C11H15F3N4OS/c1-2-7-20-10-16-15-9(17-3-5-19-6-4-17)18(10)8-11(12,13)14/h2H,1,3-8H2. The molecule has 0 N–H and O–H groups in total. The third kappa shape index (κ3) is 3.89. The van der Waals surface area contributed by atoms with Gasteiger partial charge in [-0.3, -0.25) is 4.57 Å². The Morgan fingerprint density at radius 3 is 2.60 bits per heavy atom. The Morgan fingerprint density at radius 1 is 1.30 bits per heavy atom. The van der Waals surface area contributed by atoms with Crippen molar-refractivity contribution >= 4 is 17.7 Å². The fraction of sp³-hybridized carbons (Fsp3) is 0.636. The number of halogens is 3. The molecule has 1 aromatic rings. The molecule has 0 spiro atoms. The summed E-state index contributed by atoms with van der Waals surface area (Å²) in [6.07, 6.45) is -2.70. The fourth-order valence-electron chi connectivity index (χ4n) is 1.84. The smallest absolute Gasteiger partial charge is 0.378 e. The van der Waals surface area contributed by atoms with E-state index in [-0.39, 0.29) is 11.1 Å². The third-order valence-corrected chi connectivity index (χ3v) is 3.62. The van der Waals surface area contributed by atoms with Gasteiger partial charge in [0.1, 0.15) is 6.54 Å². The van der Waals surface area contributed by atoms with Gasteiger partial charge in [-0.2, -0.15) is 13.2 Å². The predicted octanol–water partition coefficient (Wildman–Crippen LogP) is 1.96. The molecule has 112 valence electrons. The van der Waals surface area contributed by atoms with Crippen LogP contribution in [0.3, 0.4) is 0 Å². The number of nitrogens with zero attached hydrogens (tertiary/aromatic N) is 4. The van der Waals surface area contributed by atoms with Crippen LogP contribution in [0.5, 0.6) is 0 Å². The van der Waals surface area contributed by atoms with Crippen molar-refractivity contribution in [1.29, 1.82) is 0 Å². The highest BCUT2D eigenvalue weighted by atomic mass is 32.2. The molecule has 2 rings (SSSR count). The summed E-state index contributed by atoms with van der Waals surface area (Å²) in [6.45, 7) is 4.45. The first-order valence-corrected chi connectivity index (χ1v) is 7.06. The van der Waals surface area contributed by atoms with Gasteiger partial charge in [0.05, 0.1) is 13.2 Å². The van der Waals surface area contributed by atoms with E-state index >= 15 is 0 Å². The second-order valence-electron chi connectivity index (χ2n) is 4.18. The number of rotatable bonds is 5. The molecule has 0 amide bonds. The molecule has 0 unspecified atom stereocenters. The van der Waals surface area contributed by atoms with Gasteiger partial charge >= 0.3 is 6.18 Å². The van der Waals surface area contributed by atoms with Gasteiger partial charge in [-0.05, 0) is 0 Å². The first-order valence-electron chi connectivity index (χ1n) is 6.07. The van der Waals surface area contributed by atoms with Crippen molar-refractivity contribution in [3.63, 3.8) is 0 Å². The van der Waals surface area contributed by atoms with E-state index in [0.29, 0.717) is 32.1 Å². The summed E-state index contributed by atoms with van der Waals surface area (Å²) < 4.78 is 44.5. The van der Waals surface area contributed by atoms with Crippen LogP contribution in [0.2, 0.25) is 0 Å². The molecule has 0 atom stereocenters. The van der Waals surface area contributed by atoms with E-state index in [0.717, 1.165) is 4.57 Å². The molecule has 1 aromatic heterocycles. The van der Waals surface area contributed by atoms with E-state index in [4.69, 9.17) is 4.74 Å². The predicted molar refractivity (Wildman–Crippen MR) is 70.0 cm³/mol. The number of ether oxygens (including phenoxy) is 1. The number of alkyl halides is 3. The highest BCUT2D eigenvalue weighted by Crippen LogP contribution is 2.27. The van der Waals surface area contributed by atoms with E-state index in [1.165, 1.54) is 11.8 Å². The molecule has 2 heterocycles. The molecule has 1 fully saturated rings. The van der Waals surface area contributed by atoms with Gasteiger partial charge in [0.25, 0.3) is 0 Å². The maximum absolute atomic E-state index is 12.7. The molecular formula is C11H15F3N4OS. The Kier molecular flexibility index (Phi) is 4.92. The molecule has 9 heteroatoms. The number of aromatic nitrogens is 3. The van der Waals surface area contributed by atoms with Crippen LogP contribution < -0.4 is 4.90 Å². The highest BCUT2D eigenvalue weighted by molar-refractivity contribution is 7.99. The quantitative estimate of drug-likeness (QED) is 0.614. The Balaban J connectivity index is 2.24. The molecule has 0 aromatic carbocycles. The minimum Gasteiger partial charge on any atom is -0.378 e. The van der Waals surface area contributed by atoms with E-state index in [9.17, 15) is 13.2 Å². The Labute approximate surface area is 118 Å². The van der Waals surface area contributed by atoms with Crippen LogP contribution in [0.15, 0.2) is 17.8 Å². The second-order valence-corrected chi connectivity index (χ2v) is 5.17. The lowest BCUT2D eigenvalue weighted by molar-refractivity contribution is -0.141. The summed E-state index contributed by atoms with van der Waals surface area (Å²) in [5.41, 5.74) is 0. The van der Waals surface area contributed by atoms with Crippen molar-refractivity contribution in [3.05, 3.63) is 12.7 Å². The Hall–Kier alpha value is -1.22. The van der Waals surface area contributed by atoms with Crippen molar-refractivity contribution in [2.75, 3.05) is 37.0 Å². The normalized spacial score (nSPS) is 16.4. The van der Waals surface area contributed by atoms with Gasteiger partial charge in [0, 0.05) is 18.8 Å². The Morgan fingerprint density at radius 2 is 2.00 bits per heavy atom. The summed E-state index contributed by atoms with van der Waals surface area (Å²) in [6, 6.07) is 0. The van der Waals surface area contributed by atoms with Gasteiger partial charge in [-0.15, -0.1) is 16.8 Å². The minimum atomic E-state index is -4.31. The van der Waals surface area contributed by atoms with Crippen LogP contribution in [0.25, 0.3) is 0 Å². The molecule has 1 aliphatic heterocycles. The molecular weight excluding hydrogens is 293 g/mol. The zero-order valence-electron chi connectivity index (χ0n) is 10.8. The van der Waals surface area contributed by atoms with Crippen LogP contribution in [0.4, 0.5) is 19.1 Å². The van der Waals surface area contributed by atoms with Gasteiger partial charge < -0.3 is 9.64 Å². The maximum atomic E-state index is 12.7. The molecule has 0 radical (unpaired) electrons. The SMILES string of the molecule is C=CCSc1nnc(N2CCOCC2)n1CC(F)(F)F. The zero-order valence-corrected chi connectivity index (χ0v) is 11.6. The van der Waals surface area contributed by atoms with E-state index < -0.39 is 12.7 Å². The molecule has 1 aliphatic rings. The summed E-state index contributed by atoms with van der Waals surface area (Å²) >= 11 is 1.19. The van der Waals surface area contributed by atoms with Crippen molar-refractivity contribution in [2.45, 2.75) is 17.9 Å². The highest BCUT2D eigenvalue weighted by Gasteiger charge is 2.32. The number of thioether (sulfide) groups is 1. The largest absolute Gasteiger partial charge is 0.406 e. The molecule has 0 saturated carbocycles. The second kappa shape index (κ2) is 6.49. The summed E-state index contributed by atoms with van der Waals surface area (Å²) in [7, 11) is 0. The third-order valence-electron chi connectivity index (χ3n) is 2.66. The molecule has 0 bridgehead atoms. The fourth-order valence-corrected chi connectivity index (χ4v) is 2.50. The monoisotopic (exact) mass is 308 g/mol. The van der Waals surface area contributed by atoms with Crippen LogP contribution in [-0.4, -0.2) is 53.0 Å². The first kappa shape index (κ1) is 15.2. The van der Waals surface area contributed by atoms with E-state index in [2.05, 4.69) is 16.8 Å². The topological polar surface area (TPSA) is 43.2 Å². The number of hydrogen-bond donors (Lipinski definition) is 0. The first-order chi connectivity index (χ1) is 9.51. The van der Waals surface area contributed by atoms with Crippen LogP contribution in [0.1, 0.15) is 0 Å². The van der Waals surface area contributed by atoms with Gasteiger partial charge in [-0.1, -0.05) is 17.8 Å². The molecule has 0 aliphatic carbocycles. The number of morpholine rings is 1.